The molecule has 128 valence electrons. The van der Waals surface area contributed by atoms with Gasteiger partial charge in [-0.2, -0.15) is 5.26 Å². The van der Waals surface area contributed by atoms with Crippen LogP contribution in [0.3, 0.4) is 0 Å². The number of hydrogen-bond donors (Lipinski definition) is 2. The minimum absolute atomic E-state index is 0.152. The monoisotopic (exact) mass is 342 g/mol. The zero-order valence-electron chi connectivity index (χ0n) is 13.2. The number of nitrogens with one attached hydrogen (secondary N) is 2. The van der Waals surface area contributed by atoms with Gasteiger partial charge in [-0.3, -0.25) is 24.3 Å². The maximum absolute atomic E-state index is 12.2. The number of hydrogen-bond acceptors (Lipinski definition) is 7. The minimum atomic E-state index is -1.28. The summed E-state index contributed by atoms with van der Waals surface area (Å²) in [7, 11) is 0. The molecule has 0 aliphatic rings. The number of esters is 1. The van der Waals surface area contributed by atoms with E-state index in [4.69, 9.17) is 15.4 Å². The van der Waals surface area contributed by atoms with Crippen molar-refractivity contribution in [2.24, 2.45) is 5.92 Å². The van der Waals surface area contributed by atoms with Gasteiger partial charge in [-0.1, -0.05) is 12.1 Å². The highest BCUT2D eigenvalue weighted by atomic mass is 16.5. The Kier molecular flexibility index (Phi) is 5.24. The SMILES string of the molecule is CC(=N)C(C#N)C(=O)COC(=O)Cn1[nH]c(=O)c2ccccc2c1=O. The first-order valence-corrected chi connectivity index (χ1v) is 7.20. The van der Waals surface area contributed by atoms with Crippen LogP contribution in [-0.4, -0.2) is 33.9 Å². The third kappa shape index (κ3) is 3.87. The van der Waals surface area contributed by atoms with Crippen LogP contribution in [0.1, 0.15) is 6.92 Å². The van der Waals surface area contributed by atoms with Crippen LogP contribution in [0, 0.1) is 22.7 Å². The van der Waals surface area contributed by atoms with E-state index >= 15 is 0 Å². The molecule has 0 radical (unpaired) electrons. The lowest BCUT2D eigenvalue weighted by molar-refractivity contribution is -0.149. The van der Waals surface area contributed by atoms with E-state index in [0.29, 0.717) is 0 Å². The van der Waals surface area contributed by atoms with Crippen LogP contribution in [0.2, 0.25) is 0 Å². The molecule has 1 heterocycles. The number of nitrogens with zero attached hydrogens (tertiary/aromatic N) is 2. The van der Waals surface area contributed by atoms with Crippen molar-refractivity contribution in [3.63, 3.8) is 0 Å². The molecular formula is C16H14N4O5. The van der Waals surface area contributed by atoms with E-state index in [1.165, 1.54) is 19.1 Å². The Morgan fingerprint density at radius 3 is 2.56 bits per heavy atom. The van der Waals surface area contributed by atoms with Gasteiger partial charge < -0.3 is 10.1 Å². The summed E-state index contributed by atoms with van der Waals surface area (Å²) in [5.41, 5.74) is -1.27. The Morgan fingerprint density at radius 1 is 1.32 bits per heavy atom. The second kappa shape index (κ2) is 7.35. The van der Waals surface area contributed by atoms with Crippen LogP contribution < -0.4 is 11.1 Å². The summed E-state index contributed by atoms with van der Waals surface area (Å²) < 4.78 is 5.52. The zero-order chi connectivity index (χ0) is 18.6. The van der Waals surface area contributed by atoms with Gasteiger partial charge in [0.2, 0.25) is 0 Å². The molecule has 0 spiro atoms. The van der Waals surface area contributed by atoms with Crippen molar-refractivity contribution in [2.45, 2.75) is 13.5 Å². The average molecular weight is 342 g/mol. The van der Waals surface area contributed by atoms with Crippen molar-refractivity contribution in [1.82, 2.24) is 9.78 Å². The lowest BCUT2D eigenvalue weighted by atomic mass is 10.0. The fourth-order valence-electron chi connectivity index (χ4n) is 2.18. The van der Waals surface area contributed by atoms with Crippen LogP contribution >= 0.6 is 0 Å². The summed E-state index contributed by atoms with van der Waals surface area (Å²) in [6.07, 6.45) is 0. The van der Waals surface area contributed by atoms with Crippen LogP contribution in [0.15, 0.2) is 33.9 Å². The third-order valence-electron chi connectivity index (χ3n) is 3.43. The first-order chi connectivity index (χ1) is 11.8. The van der Waals surface area contributed by atoms with Gasteiger partial charge in [0.25, 0.3) is 11.1 Å². The smallest absolute Gasteiger partial charge is 0.328 e. The number of rotatable bonds is 6. The van der Waals surface area contributed by atoms with Gasteiger partial charge in [0.1, 0.15) is 12.5 Å². The molecule has 2 aromatic rings. The van der Waals surface area contributed by atoms with Gasteiger partial charge in [0.15, 0.2) is 12.4 Å². The van der Waals surface area contributed by atoms with Crippen LogP contribution in [0.5, 0.6) is 0 Å². The van der Waals surface area contributed by atoms with E-state index in [1.807, 2.05) is 0 Å². The van der Waals surface area contributed by atoms with Gasteiger partial charge in [-0.15, -0.1) is 0 Å². The standard InChI is InChI=1S/C16H14N4O5/c1-9(18)12(6-17)13(21)8-25-14(22)7-20-16(24)11-5-3-2-4-10(11)15(23)19-20/h2-5,12,18H,7-8H2,1H3,(H,19,23). The molecule has 0 aliphatic carbocycles. The maximum Gasteiger partial charge on any atom is 0.328 e. The summed E-state index contributed by atoms with van der Waals surface area (Å²) >= 11 is 0. The highest BCUT2D eigenvalue weighted by Gasteiger charge is 2.21. The number of nitriles is 1. The number of benzene rings is 1. The van der Waals surface area contributed by atoms with E-state index in [2.05, 4.69) is 5.10 Å². The van der Waals surface area contributed by atoms with Gasteiger partial charge in [0, 0.05) is 5.71 Å². The zero-order valence-corrected chi connectivity index (χ0v) is 13.2. The summed E-state index contributed by atoms with van der Waals surface area (Å²) in [5, 5.41) is 18.7. The first kappa shape index (κ1) is 17.8. The van der Waals surface area contributed by atoms with E-state index in [9.17, 15) is 19.2 Å². The molecule has 25 heavy (non-hydrogen) atoms. The maximum atomic E-state index is 12.2. The number of H-pyrrole nitrogens is 1. The lowest BCUT2D eigenvalue weighted by Gasteiger charge is -2.09. The van der Waals surface area contributed by atoms with Crippen LogP contribution in [0.25, 0.3) is 10.8 Å². The Bertz CT molecular complexity index is 1010. The van der Waals surface area contributed by atoms with Crippen LogP contribution in [-0.2, 0) is 20.9 Å². The molecule has 1 aromatic carbocycles. The second-order valence-electron chi connectivity index (χ2n) is 5.25. The van der Waals surface area contributed by atoms with Crippen molar-refractivity contribution < 1.29 is 14.3 Å². The molecule has 0 aliphatic heterocycles. The summed E-state index contributed by atoms with van der Waals surface area (Å²) in [6, 6.07) is 7.79. The molecule has 1 atom stereocenters. The molecule has 0 bridgehead atoms. The molecule has 1 aromatic heterocycles. The Labute approximate surface area is 140 Å². The van der Waals surface area contributed by atoms with E-state index in [-0.39, 0.29) is 16.5 Å². The predicted octanol–water partition coefficient (Wildman–Crippen LogP) is -0.0185. The Morgan fingerprint density at radius 2 is 1.96 bits per heavy atom. The first-order valence-electron chi connectivity index (χ1n) is 7.20. The minimum Gasteiger partial charge on any atom is -0.456 e. The van der Waals surface area contributed by atoms with Gasteiger partial charge >= 0.3 is 5.97 Å². The van der Waals surface area contributed by atoms with E-state index in [1.54, 1.807) is 18.2 Å². The molecule has 1 unspecified atom stereocenters. The molecular weight excluding hydrogens is 328 g/mol. The quantitative estimate of drug-likeness (QED) is 0.557. The number of ketones is 1. The Hall–Kier alpha value is -3.54. The van der Waals surface area contributed by atoms with Crippen LogP contribution in [0.4, 0.5) is 0 Å². The number of carbonyl (C=O) groups is 2. The van der Waals surface area contributed by atoms with Gasteiger partial charge in [0.05, 0.1) is 16.8 Å². The summed E-state index contributed by atoms with van der Waals surface area (Å²) in [5.74, 6) is -2.94. The highest BCUT2D eigenvalue weighted by molar-refractivity contribution is 6.06. The molecule has 9 heteroatoms. The number of fused-ring (bicyclic) bond motifs is 1. The fraction of sp³-hybridized carbons (Fsp3) is 0.250. The predicted molar refractivity (Wildman–Crippen MR) is 87.3 cm³/mol. The van der Waals surface area contributed by atoms with Gasteiger partial charge in [-0.05, 0) is 19.1 Å². The molecule has 0 amide bonds. The van der Waals surface area contributed by atoms with Crippen molar-refractivity contribution >= 4 is 28.2 Å². The number of aromatic amines is 1. The molecule has 0 saturated heterocycles. The normalized spacial score (nSPS) is 11.5. The summed E-state index contributed by atoms with van der Waals surface area (Å²) in [6.45, 7) is 0.0137. The molecule has 2 N–H and O–H groups in total. The van der Waals surface area contributed by atoms with Crippen molar-refractivity contribution in [2.75, 3.05) is 6.61 Å². The van der Waals surface area contributed by atoms with E-state index < -0.39 is 41.9 Å². The van der Waals surface area contributed by atoms with Gasteiger partial charge in [-0.25, -0.2) is 4.68 Å². The summed E-state index contributed by atoms with van der Waals surface area (Å²) in [4.78, 5) is 47.7. The third-order valence-corrected chi connectivity index (χ3v) is 3.43. The van der Waals surface area contributed by atoms with Crippen molar-refractivity contribution in [3.05, 3.63) is 45.0 Å². The Balaban J connectivity index is 2.13. The van der Waals surface area contributed by atoms with Crippen molar-refractivity contribution in [3.8, 4) is 6.07 Å². The molecule has 9 nitrogen and oxygen atoms in total. The largest absolute Gasteiger partial charge is 0.456 e. The molecule has 2 rings (SSSR count). The number of Topliss-reactive ketones (excluding diaryl/α,β-unsaturated/α-hetero) is 1. The topological polar surface area (TPSA) is 146 Å². The second-order valence-corrected chi connectivity index (χ2v) is 5.25. The molecule has 0 fully saturated rings. The average Bonchev–Trinajstić information content (AvgIpc) is 2.58. The molecule has 0 saturated carbocycles. The highest BCUT2D eigenvalue weighted by Crippen LogP contribution is 2.03. The number of aromatic nitrogens is 2. The van der Waals surface area contributed by atoms with E-state index in [0.717, 1.165) is 4.68 Å². The fourth-order valence-corrected chi connectivity index (χ4v) is 2.18. The number of ether oxygens (including phenoxy) is 1. The number of carbonyl (C=O) groups excluding carboxylic acids is 2. The van der Waals surface area contributed by atoms with Crippen molar-refractivity contribution in [1.29, 1.82) is 10.7 Å². The lowest BCUT2D eigenvalue weighted by Crippen LogP contribution is -2.34.